The summed E-state index contributed by atoms with van der Waals surface area (Å²) >= 11 is 0. The fourth-order valence-electron chi connectivity index (χ4n) is 4.00. The van der Waals surface area contributed by atoms with Crippen molar-refractivity contribution in [3.8, 4) is 11.5 Å². The first-order valence-corrected chi connectivity index (χ1v) is 16.9. The summed E-state index contributed by atoms with van der Waals surface area (Å²) in [5.41, 5.74) is 1.34. The van der Waals surface area contributed by atoms with Gasteiger partial charge in [-0.15, -0.1) is 0 Å². The third-order valence-electron chi connectivity index (χ3n) is 5.97. The van der Waals surface area contributed by atoms with E-state index in [0.717, 1.165) is 17.0 Å². The number of methoxy groups -OCH3 is 1. The number of carbonyl (C=O) groups excluding carboxylic acids is 2. The number of rotatable bonds is 11. The predicted molar refractivity (Wildman–Crippen MR) is 154 cm³/mol. The van der Waals surface area contributed by atoms with Crippen molar-refractivity contribution in [1.82, 2.24) is 14.9 Å². The van der Waals surface area contributed by atoms with Crippen LogP contribution in [0.3, 0.4) is 0 Å². The van der Waals surface area contributed by atoms with Crippen LogP contribution < -0.4 is 10.1 Å². The summed E-state index contributed by atoms with van der Waals surface area (Å²) in [5.74, 6) is -0.802. The number of esters is 1. The topological polar surface area (TPSA) is 101 Å². The first-order valence-electron chi connectivity index (χ1n) is 13.2. The predicted octanol–water partition coefficient (Wildman–Crippen LogP) is 6.20. The molecule has 2 heterocycles. The molecule has 0 spiro atoms. The number of nitrogens with one attached hydrogen (secondary N) is 1. The Morgan fingerprint density at radius 1 is 1.15 bits per heavy atom. The highest BCUT2D eigenvalue weighted by atomic mass is 28.3. The van der Waals surface area contributed by atoms with Crippen molar-refractivity contribution in [2.45, 2.75) is 78.2 Å². The molecule has 1 amide bonds. The van der Waals surface area contributed by atoms with Gasteiger partial charge in [-0.2, -0.15) is 0 Å². The van der Waals surface area contributed by atoms with E-state index in [9.17, 15) is 9.59 Å². The van der Waals surface area contributed by atoms with Crippen LogP contribution >= 0.6 is 0 Å². The summed E-state index contributed by atoms with van der Waals surface area (Å²) in [6, 6.07) is 6.10. The third kappa shape index (κ3) is 8.78. The van der Waals surface area contributed by atoms with E-state index in [-0.39, 0.29) is 12.2 Å². The number of fused-ring (bicyclic) bond motifs is 1. The third-order valence-corrected chi connectivity index (χ3v) is 7.67. The molecule has 0 aliphatic rings. The smallest absolute Gasteiger partial charge is 0.408 e. The number of hydrogen-bond acceptors (Lipinski definition) is 7. The Labute approximate surface area is 236 Å². The summed E-state index contributed by atoms with van der Waals surface area (Å²) in [6.07, 6.45) is 2.80. The van der Waals surface area contributed by atoms with Gasteiger partial charge in [0.2, 0.25) is 0 Å². The zero-order valence-corrected chi connectivity index (χ0v) is 25.6. The van der Waals surface area contributed by atoms with Crippen LogP contribution in [0.25, 0.3) is 11.0 Å². The maximum Gasteiger partial charge on any atom is 0.408 e. The van der Waals surface area contributed by atoms with Crippen molar-refractivity contribution < 1.29 is 32.9 Å². The lowest BCUT2D eigenvalue weighted by Gasteiger charge is -2.22. The van der Waals surface area contributed by atoms with Gasteiger partial charge in [-0.3, -0.25) is 0 Å². The zero-order valence-electron chi connectivity index (χ0n) is 24.6. The molecule has 0 radical (unpaired) electrons. The SMILES string of the molecule is COC(=O)[C@H](Cc1ccc(Oc2ccnc3c2c(C)cn3COCC[Si](C)(C)C)c(F)c1)NC(=O)OC(C)(C)C. The van der Waals surface area contributed by atoms with Gasteiger partial charge in [0.25, 0.3) is 0 Å². The van der Waals surface area contributed by atoms with E-state index in [2.05, 4.69) is 29.9 Å². The molecule has 1 N–H and O–H groups in total. The van der Waals surface area contributed by atoms with Gasteiger partial charge in [-0.1, -0.05) is 25.7 Å². The molecule has 40 heavy (non-hydrogen) atoms. The summed E-state index contributed by atoms with van der Waals surface area (Å²) in [7, 11) is 0.0251. The molecule has 9 nitrogen and oxygen atoms in total. The number of hydrogen-bond donors (Lipinski definition) is 1. The maximum absolute atomic E-state index is 15.2. The van der Waals surface area contributed by atoms with E-state index in [4.69, 9.17) is 18.9 Å². The molecule has 1 atom stereocenters. The molecule has 0 fully saturated rings. The lowest BCUT2D eigenvalue weighted by atomic mass is 10.1. The number of halogens is 1. The number of carbonyl (C=O) groups is 2. The minimum Gasteiger partial charge on any atom is -0.467 e. The number of pyridine rings is 1. The summed E-state index contributed by atoms with van der Waals surface area (Å²) in [6.45, 7) is 15.1. The van der Waals surface area contributed by atoms with Crippen LogP contribution in [-0.4, -0.2) is 55.0 Å². The van der Waals surface area contributed by atoms with Crippen LogP contribution in [0.5, 0.6) is 11.5 Å². The first-order chi connectivity index (χ1) is 18.7. The van der Waals surface area contributed by atoms with Crippen molar-refractivity contribution >= 4 is 31.2 Å². The fraction of sp³-hybridized carbons (Fsp3) is 0.483. The average molecular weight is 574 g/mol. The molecule has 0 aliphatic heterocycles. The summed E-state index contributed by atoms with van der Waals surface area (Å²) < 4.78 is 39.0. The minimum atomic E-state index is -1.19. The van der Waals surface area contributed by atoms with E-state index in [0.29, 0.717) is 30.3 Å². The van der Waals surface area contributed by atoms with Crippen LogP contribution in [0.15, 0.2) is 36.7 Å². The van der Waals surface area contributed by atoms with Crippen molar-refractivity contribution in [3.05, 3.63) is 53.6 Å². The van der Waals surface area contributed by atoms with Crippen LogP contribution in [0.1, 0.15) is 31.9 Å². The Bertz CT molecular complexity index is 1350. The molecule has 0 saturated carbocycles. The maximum atomic E-state index is 15.2. The van der Waals surface area contributed by atoms with Gasteiger partial charge < -0.3 is 28.8 Å². The highest BCUT2D eigenvalue weighted by molar-refractivity contribution is 6.76. The number of benzene rings is 1. The number of ether oxygens (including phenoxy) is 4. The molecule has 11 heteroatoms. The van der Waals surface area contributed by atoms with Gasteiger partial charge in [-0.25, -0.2) is 19.0 Å². The van der Waals surface area contributed by atoms with Gasteiger partial charge in [-0.05, 0) is 63.1 Å². The Kier molecular flexibility index (Phi) is 9.96. The molecule has 3 aromatic rings. The first kappa shape index (κ1) is 31.1. The number of aromatic nitrogens is 2. The molecular weight excluding hydrogens is 533 g/mol. The Hall–Kier alpha value is -3.44. The van der Waals surface area contributed by atoms with Crippen molar-refractivity contribution in [2.24, 2.45) is 0 Å². The molecule has 0 aliphatic carbocycles. The van der Waals surface area contributed by atoms with Gasteiger partial charge >= 0.3 is 12.1 Å². The second-order valence-corrected chi connectivity index (χ2v) is 17.6. The molecule has 2 aromatic heterocycles. The van der Waals surface area contributed by atoms with Gasteiger partial charge in [0.1, 0.15) is 29.8 Å². The number of nitrogens with zero attached hydrogens (tertiary/aromatic N) is 2. The zero-order chi connectivity index (χ0) is 29.7. The molecule has 218 valence electrons. The molecule has 0 saturated heterocycles. The van der Waals surface area contributed by atoms with E-state index < -0.39 is 37.6 Å². The Morgan fingerprint density at radius 2 is 1.88 bits per heavy atom. The molecule has 1 aromatic carbocycles. The molecule has 3 rings (SSSR count). The highest BCUT2D eigenvalue weighted by Gasteiger charge is 2.26. The van der Waals surface area contributed by atoms with Crippen molar-refractivity contribution in [1.29, 1.82) is 0 Å². The van der Waals surface area contributed by atoms with Crippen LogP contribution in [0.2, 0.25) is 25.7 Å². The monoisotopic (exact) mass is 573 g/mol. The van der Waals surface area contributed by atoms with E-state index >= 15 is 4.39 Å². The largest absolute Gasteiger partial charge is 0.467 e. The molecular formula is C29H40FN3O6Si. The minimum absolute atomic E-state index is 0.00226. The number of alkyl carbamates (subject to hydrolysis) is 1. The van der Waals surface area contributed by atoms with E-state index in [1.165, 1.54) is 19.2 Å². The highest BCUT2D eigenvalue weighted by Crippen LogP contribution is 2.33. The number of aryl methyl sites for hydroxylation is 1. The Morgan fingerprint density at radius 3 is 2.50 bits per heavy atom. The van der Waals surface area contributed by atoms with E-state index in [1.807, 2.05) is 17.7 Å². The second kappa shape index (κ2) is 12.8. The quantitative estimate of drug-likeness (QED) is 0.166. The lowest BCUT2D eigenvalue weighted by Crippen LogP contribution is -2.45. The summed E-state index contributed by atoms with van der Waals surface area (Å²) in [5, 5.41) is 3.26. The fourth-order valence-corrected chi connectivity index (χ4v) is 4.76. The van der Waals surface area contributed by atoms with Crippen LogP contribution in [0, 0.1) is 12.7 Å². The van der Waals surface area contributed by atoms with Gasteiger partial charge in [0, 0.05) is 33.5 Å². The van der Waals surface area contributed by atoms with Gasteiger partial charge in [0.05, 0.1) is 12.5 Å². The van der Waals surface area contributed by atoms with Crippen LogP contribution in [-0.2, 0) is 32.2 Å². The normalized spacial score (nSPS) is 12.7. The van der Waals surface area contributed by atoms with E-state index in [1.54, 1.807) is 39.1 Å². The second-order valence-electron chi connectivity index (χ2n) is 11.9. The standard InChI is InChI=1S/C29H40FN3O6Si/c1-19-17-33(18-37-13-14-40(6,7)8)26-25(19)24(11-12-31-26)38-23-10-9-20(15-21(23)30)16-22(27(34)36-5)32-28(35)39-29(2,3)4/h9-12,15,17,22H,13-14,16,18H2,1-8H3,(H,32,35)/t22-/m0/s1. The summed E-state index contributed by atoms with van der Waals surface area (Å²) in [4.78, 5) is 29.0. The van der Waals surface area contributed by atoms with Gasteiger partial charge in [0.15, 0.2) is 11.6 Å². The molecule has 0 unspecified atom stereocenters. The van der Waals surface area contributed by atoms with Crippen molar-refractivity contribution in [2.75, 3.05) is 13.7 Å². The molecule has 0 bridgehead atoms. The lowest BCUT2D eigenvalue weighted by molar-refractivity contribution is -0.143. The average Bonchev–Trinajstić information content (AvgIpc) is 3.17. The van der Waals surface area contributed by atoms with Crippen LogP contribution in [0.4, 0.5) is 9.18 Å². The number of amides is 1. The Balaban J connectivity index is 1.75. The van der Waals surface area contributed by atoms with Crippen molar-refractivity contribution in [3.63, 3.8) is 0 Å².